The van der Waals surface area contributed by atoms with Crippen LogP contribution >= 0.6 is 0 Å². The molecule has 0 heterocycles. The van der Waals surface area contributed by atoms with Crippen molar-refractivity contribution in [3.8, 4) is 0 Å². The molecular formula is C18H24F3NO5S. The van der Waals surface area contributed by atoms with E-state index in [1.54, 1.807) is 30.3 Å². The van der Waals surface area contributed by atoms with Crippen molar-refractivity contribution in [2.45, 2.75) is 38.3 Å². The minimum Gasteiger partial charge on any atom is -0.445 e. The Morgan fingerprint density at radius 1 is 1.18 bits per heavy atom. The molecule has 0 aliphatic carbocycles. The van der Waals surface area contributed by atoms with E-state index in [4.69, 9.17) is 9.47 Å². The number of ketones is 1. The Bertz CT molecular complexity index is 791. The highest BCUT2D eigenvalue weighted by atomic mass is 32.2. The first-order chi connectivity index (χ1) is 12.7. The van der Waals surface area contributed by atoms with Gasteiger partial charge in [0.2, 0.25) is 0 Å². The number of rotatable bonds is 8. The number of alkyl carbamates (subject to hydrolysis) is 1. The first-order valence-corrected chi connectivity index (χ1v) is 10.7. The topological polar surface area (TPSA) is 81.7 Å². The van der Waals surface area contributed by atoms with Crippen LogP contribution in [0.3, 0.4) is 0 Å². The van der Waals surface area contributed by atoms with Crippen molar-refractivity contribution < 1.29 is 36.4 Å². The minimum absolute atomic E-state index is 0.0928. The Balaban J connectivity index is 2.84. The van der Waals surface area contributed by atoms with Gasteiger partial charge in [-0.3, -0.25) is 9.00 Å². The summed E-state index contributed by atoms with van der Waals surface area (Å²) in [5.41, 5.74) is -1.85. The zero-order chi connectivity index (χ0) is 21.6. The molecule has 6 nitrogen and oxygen atoms in total. The van der Waals surface area contributed by atoms with Gasteiger partial charge in [-0.25, -0.2) is 4.79 Å². The summed E-state index contributed by atoms with van der Waals surface area (Å²) in [6.45, 7) is 0.742. The summed E-state index contributed by atoms with van der Waals surface area (Å²) < 4.78 is 60.5. The normalized spacial score (nSPS) is 13.5. The average molecular weight is 423 g/mol. The molecule has 0 radical (unpaired) electrons. The molecule has 0 aliphatic rings. The lowest BCUT2D eigenvalue weighted by Crippen LogP contribution is -2.50. The van der Waals surface area contributed by atoms with Crippen molar-refractivity contribution >= 4 is 26.8 Å². The van der Waals surface area contributed by atoms with Gasteiger partial charge in [-0.15, -0.1) is 0 Å². The Hall–Kier alpha value is -2.07. The molecule has 28 heavy (non-hydrogen) atoms. The molecule has 158 valence electrons. The van der Waals surface area contributed by atoms with E-state index in [2.05, 4.69) is 5.32 Å². The second kappa shape index (κ2) is 9.42. The molecule has 0 fully saturated rings. The lowest BCUT2D eigenvalue weighted by atomic mass is 10.1. The SMILES string of the molecule is CC(C)(OC[C@H](NC(=O)OCc1ccccc1)C(=O)C=S(C)(C)=O)C(F)(F)F. The summed E-state index contributed by atoms with van der Waals surface area (Å²) in [6.07, 6.45) is -3.11. The van der Waals surface area contributed by atoms with Crippen LogP contribution < -0.4 is 5.32 Å². The fourth-order valence-corrected chi connectivity index (χ4v) is 2.56. The van der Waals surface area contributed by atoms with Crippen molar-refractivity contribution in [1.29, 1.82) is 0 Å². The number of hydrogen-bond donors (Lipinski definition) is 1. The Morgan fingerprint density at radius 3 is 2.25 bits per heavy atom. The van der Waals surface area contributed by atoms with Crippen LogP contribution in [0.2, 0.25) is 0 Å². The smallest absolute Gasteiger partial charge is 0.416 e. The molecule has 1 aromatic carbocycles. The molecule has 0 saturated carbocycles. The van der Waals surface area contributed by atoms with Gasteiger partial charge in [-0.05, 0) is 28.9 Å². The second-order valence-electron chi connectivity index (χ2n) is 6.91. The molecule has 0 bridgehead atoms. The van der Waals surface area contributed by atoms with Gasteiger partial charge >= 0.3 is 12.3 Å². The number of carbonyl (C=O) groups excluding carboxylic acids is 2. The zero-order valence-corrected chi connectivity index (χ0v) is 16.9. The number of carbonyl (C=O) groups is 2. The summed E-state index contributed by atoms with van der Waals surface area (Å²) in [5.74, 6) is -0.829. The molecule has 0 aliphatic heterocycles. The van der Waals surface area contributed by atoms with Crippen molar-refractivity contribution in [2.24, 2.45) is 0 Å². The third kappa shape index (κ3) is 8.30. The monoisotopic (exact) mass is 423 g/mol. The number of amides is 1. The maximum absolute atomic E-state index is 13.0. The maximum Gasteiger partial charge on any atom is 0.416 e. The number of benzene rings is 1. The van der Waals surface area contributed by atoms with Gasteiger partial charge in [0.1, 0.15) is 12.6 Å². The Morgan fingerprint density at radius 2 is 1.75 bits per heavy atom. The van der Waals surface area contributed by atoms with E-state index in [-0.39, 0.29) is 6.61 Å². The van der Waals surface area contributed by atoms with E-state index in [9.17, 15) is 27.0 Å². The largest absolute Gasteiger partial charge is 0.445 e. The first kappa shape index (κ1) is 24.0. The summed E-state index contributed by atoms with van der Waals surface area (Å²) in [5, 5.41) is 3.03. The van der Waals surface area contributed by atoms with Crippen molar-refractivity contribution in [3.63, 3.8) is 0 Å². The number of Topliss-reactive ketones (excluding diaryl/α,β-unsaturated/α-hetero) is 1. The fraction of sp³-hybridized carbons (Fsp3) is 0.500. The van der Waals surface area contributed by atoms with Crippen molar-refractivity contribution in [1.82, 2.24) is 5.32 Å². The number of alkyl halides is 3. The standard InChI is InChI=1S/C18H24F3NO5S/c1-17(2,18(19,20)21)27-11-14(15(23)12-28(3,4)25)22-16(24)26-10-13-8-6-5-7-9-13/h5-9,12,14H,10-11H2,1-4H3,(H,22,24)/t14-/m0/s1. The molecule has 1 N–H and O–H groups in total. The van der Waals surface area contributed by atoms with E-state index in [1.807, 2.05) is 0 Å². The lowest BCUT2D eigenvalue weighted by Gasteiger charge is -2.29. The van der Waals surface area contributed by atoms with Gasteiger partial charge in [0.15, 0.2) is 11.4 Å². The van der Waals surface area contributed by atoms with Crippen LogP contribution in [-0.2, 0) is 30.4 Å². The third-order valence-corrected chi connectivity index (χ3v) is 4.34. The number of nitrogens with one attached hydrogen (secondary N) is 1. The van der Waals surface area contributed by atoms with Gasteiger partial charge < -0.3 is 14.8 Å². The second-order valence-corrected chi connectivity index (χ2v) is 9.76. The first-order valence-electron chi connectivity index (χ1n) is 8.22. The van der Waals surface area contributed by atoms with Gasteiger partial charge in [0, 0.05) is 17.9 Å². The predicted molar refractivity (Wildman–Crippen MR) is 101 cm³/mol. The lowest BCUT2D eigenvalue weighted by molar-refractivity contribution is -0.264. The maximum atomic E-state index is 13.0. The molecule has 1 amide bonds. The fourth-order valence-electron chi connectivity index (χ4n) is 1.84. The van der Waals surface area contributed by atoms with E-state index >= 15 is 0 Å². The van der Waals surface area contributed by atoms with Crippen LogP contribution in [0.25, 0.3) is 0 Å². The van der Waals surface area contributed by atoms with Crippen LogP contribution in [0.15, 0.2) is 30.3 Å². The average Bonchev–Trinajstić information content (AvgIpc) is 2.55. The highest BCUT2D eigenvalue weighted by Crippen LogP contribution is 2.32. The summed E-state index contributed by atoms with van der Waals surface area (Å²) in [7, 11) is -2.64. The molecule has 0 aromatic heterocycles. The molecule has 0 saturated heterocycles. The summed E-state index contributed by atoms with van der Waals surface area (Å²) in [4.78, 5) is 24.2. The number of halogens is 3. The van der Waals surface area contributed by atoms with Crippen LogP contribution in [0.1, 0.15) is 19.4 Å². The van der Waals surface area contributed by atoms with E-state index in [0.29, 0.717) is 5.56 Å². The van der Waals surface area contributed by atoms with Crippen LogP contribution in [0.4, 0.5) is 18.0 Å². The highest BCUT2D eigenvalue weighted by molar-refractivity contribution is 8.01. The molecule has 10 heteroatoms. The van der Waals surface area contributed by atoms with Gasteiger partial charge in [0.25, 0.3) is 0 Å². The quantitative estimate of drug-likeness (QED) is 0.650. The summed E-state index contributed by atoms with van der Waals surface area (Å²) in [6, 6.07) is 7.20. The number of ether oxygens (including phenoxy) is 2. The van der Waals surface area contributed by atoms with Gasteiger partial charge in [-0.1, -0.05) is 30.3 Å². The molecule has 1 rings (SSSR count). The molecular weight excluding hydrogens is 399 g/mol. The number of hydrogen-bond acceptors (Lipinski definition) is 5. The predicted octanol–water partition coefficient (Wildman–Crippen LogP) is 2.55. The molecule has 1 aromatic rings. The minimum atomic E-state index is -4.68. The molecule has 1 atom stereocenters. The third-order valence-electron chi connectivity index (χ3n) is 3.54. The Labute approximate surface area is 162 Å². The highest BCUT2D eigenvalue weighted by Gasteiger charge is 2.49. The molecule has 0 spiro atoms. The zero-order valence-electron chi connectivity index (χ0n) is 16.0. The van der Waals surface area contributed by atoms with Gasteiger partial charge in [0.05, 0.1) is 6.61 Å². The van der Waals surface area contributed by atoms with Crippen LogP contribution in [-0.4, -0.2) is 58.4 Å². The van der Waals surface area contributed by atoms with E-state index in [1.165, 1.54) is 12.5 Å². The van der Waals surface area contributed by atoms with Gasteiger partial charge in [-0.2, -0.15) is 13.2 Å². The summed E-state index contributed by atoms with van der Waals surface area (Å²) >= 11 is 0. The molecule has 0 unspecified atom stereocenters. The van der Waals surface area contributed by atoms with E-state index in [0.717, 1.165) is 19.2 Å². The van der Waals surface area contributed by atoms with Crippen LogP contribution in [0.5, 0.6) is 0 Å². The Kier molecular flexibility index (Phi) is 8.06. The van der Waals surface area contributed by atoms with Crippen LogP contribution in [0, 0.1) is 0 Å². The van der Waals surface area contributed by atoms with Crippen molar-refractivity contribution in [3.05, 3.63) is 35.9 Å². The van der Waals surface area contributed by atoms with E-state index < -0.39 is 45.8 Å². The van der Waals surface area contributed by atoms with Crippen molar-refractivity contribution in [2.75, 3.05) is 19.1 Å².